The van der Waals surface area contributed by atoms with Crippen molar-refractivity contribution in [3.05, 3.63) is 24.3 Å². The largest absolute Gasteiger partial charge is 0.489 e. The van der Waals surface area contributed by atoms with Gasteiger partial charge in [0, 0.05) is 4.90 Å². The lowest BCUT2D eigenvalue weighted by Gasteiger charge is -2.14. The fraction of sp³-hybridized carbons (Fsp3) is 0.500. The minimum Gasteiger partial charge on any atom is -0.489 e. The van der Waals surface area contributed by atoms with E-state index in [1.54, 1.807) is 0 Å². The zero-order valence-corrected chi connectivity index (χ0v) is 10.2. The molecule has 0 saturated heterocycles. The van der Waals surface area contributed by atoms with E-state index in [0.29, 0.717) is 6.10 Å². The SMILES string of the molecule is FC(F)F.Sc1ccccc1OC1CCCC1. The van der Waals surface area contributed by atoms with Crippen LogP contribution in [0.1, 0.15) is 25.7 Å². The van der Waals surface area contributed by atoms with E-state index in [1.165, 1.54) is 25.7 Å². The first-order chi connectivity index (χ1) is 8.09. The molecular formula is C12H15F3OS. The molecule has 1 aliphatic rings. The first-order valence-electron chi connectivity index (χ1n) is 5.46. The van der Waals surface area contributed by atoms with Gasteiger partial charge in [0.05, 0.1) is 6.10 Å². The van der Waals surface area contributed by atoms with Crippen LogP contribution in [0.2, 0.25) is 0 Å². The molecule has 0 unspecified atom stereocenters. The standard InChI is InChI=1S/C11H14OS.CHF3/c13-11-8-4-3-7-10(11)12-9-5-1-2-6-9;2-1(3)4/h3-4,7-9,13H,1-2,5-6H2;1H. The number of benzene rings is 1. The summed E-state index contributed by atoms with van der Waals surface area (Å²) in [6.07, 6.45) is 5.43. The zero-order valence-electron chi connectivity index (χ0n) is 9.28. The molecule has 0 spiro atoms. The van der Waals surface area contributed by atoms with Crippen LogP contribution in [-0.2, 0) is 0 Å². The summed E-state index contributed by atoms with van der Waals surface area (Å²) in [5.74, 6) is 0.928. The minimum atomic E-state index is -3.67. The van der Waals surface area contributed by atoms with Crippen molar-refractivity contribution in [2.24, 2.45) is 0 Å². The van der Waals surface area contributed by atoms with Crippen LogP contribution in [0.5, 0.6) is 5.75 Å². The Bertz CT molecular complexity index is 325. The molecule has 1 aromatic carbocycles. The summed E-state index contributed by atoms with van der Waals surface area (Å²) in [7, 11) is 0. The quantitative estimate of drug-likeness (QED) is 0.775. The van der Waals surface area contributed by atoms with Crippen LogP contribution in [0, 0.1) is 0 Å². The van der Waals surface area contributed by atoms with Gasteiger partial charge >= 0.3 is 6.68 Å². The lowest BCUT2D eigenvalue weighted by atomic mass is 10.3. The third-order valence-electron chi connectivity index (χ3n) is 2.46. The second-order valence-electron chi connectivity index (χ2n) is 3.74. The van der Waals surface area contributed by atoms with Gasteiger partial charge in [0.15, 0.2) is 0 Å². The highest BCUT2D eigenvalue weighted by molar-refractivity contribution is 7.80. The predicted octanol–water partition coefficient (Wildman–Crippen LogP) is 4.48. The summed E-state index contributed by atoms with van der Waals surface area (Å²) < 4.78 is 34.8. The van der Waals surface area contributed by atoms with Crippen LogP contribution >= 0.6 is 12.6 Å². The van der Waals surface area contributed by atoms with Gasteiger partial charge in [-0.05, 0) is 37.8 Å². The summed E-state index contributed by atoms with van der Waals surface area (Å²) in [5, 5.41) is 0. The topological polar surface area (TPSA) is 9.23 Å². The van der Waals surface area contributed by atoms with Crippen molar-refractivity contribution >= 4 is 12.6 Å². The maximum absolute atomic E-state index is 9.67. The summed E-state index contributed by atoms with van der Waals surface area (Å²) in [4.78, 5) is 0.939. The molecule has 0 bridgehead atoms. The molecule has 1 aromatic rings. The van der Waals surface area contributed by atoms with E-state index in [2.05, 4.69) is 12.6 Å². The van der Waals surface area contributed by atoms with E-state index in [-0.39, 0.29) is 0 Å². The third-order valence-corrected chi connectivity index (χ3v) is 2.83. The summed E-state index contributed by atoms with van der Waals surface area (Å²) in [6, 6.07) is 7.92. The number of para-hydroxylation sites is 1. The van der Waals surface area contributed by atoms with Crippen LogP contribution in [0.25, 0.3) is 0 Å². The number of hydrogen-bond acceptors (Lipinski definition) is 2. The highest BCUT2D eigenvalue weighted by atomic mass is 32.1. The van der Waals surface area contributed by atoms with Gasteiger partial charge in [0.1, 0.15) is 5.75 Å². The molecule has 0 amide bonds. The Morgan fingerprint density at radius 3 is 2.18 bits per heavy atom. The zero-order chi connectivity index (χ0) is 12.7. The molecular weight excluding hydrogens is 249 g/mol. The number of halogens is 3. The average Bonchev–Trinajstić information content (AvgIpc) is 2.73. The van der Waals surface area contributed by atoms with E-state index < -0.39 is 6.68 Å². The first kappa shape index (κ1) is 14.2. The van der Waals surface area contributed by atoms with Crippen molar-refractivity contribution in [2.75, 3.05) is 0 Å². The number of hydrogen-bond donors (Lipinski definition) is 1. The Morgan fingerprint density at radius 1 is 1.12 bits per heavy atom. The Labute approximate surface area is 104 Å². The third kappa shape index (κ3) is 5.86. The monoisotopic (exact) mass is 264 g/mol. The normalized spacial score (nSPS) is 15.6. The molecule has 1 aliphatic carbocycles. The Hall–Kier alpha value is -0.840. The van der Waals surface area contributed by atoms with E-state index in [0.717, 1.165) is 10.6 Å². The maximum atomic E-state index is 9.67. The molecule has 2 rings (SSSR count). The fourth-order valence-electron chi connectivity index (χ4n) is 1.74. The molecule has 5 heteroatoms. The molecule has 0 heterocycles. The molecule has 0 radical (unpaired) electrons. The average molecular weight is 264 g/mol. The number of thiol groups is 1. The van der Waals surface area contributed by atoms with Crippen molar-refractivity contribution in [3.63, 3.8) is 0 Å². The minimum absolute atomic E-state index is 0.424. The lowest BCUT2D eigenvalue weighted by molar-refractivity contribution is 0.00819. The number of ether oxygens (including phenoxy) is 1. The van der Waals surface area contributed by atoms with Crippen molar-refractivity contribution < 1.29 is 17.9 Å². The van der Waals surface area contributed by atoms with Crippen molar-refractivity contribution in [2.45, 2.75) is 43.4 Å². The van der Waals surface area contributed by atoms with Crippen LogP contribution < -0.4 is 4.74 Å². The van der Waals surface area contributed by atoms with Crippen LogP contribution in [0.4, 0.5) is 13.2 Å². The van der Waals surface area contributed by atoms with Gasteiger partial charge in [-0.1, -0.05) is 12.1 Å². The van der Waals surface area contributed by atoms with Gasteiger partial charge in [-0.25, -0.2) is 0 Å². The molecule has 0 aromatic heterocycles. The van der Waals surface area contributed by atoms with E-state index in [4.69, 9.17) is 4.74 Å². The van der Waals surface area contributed by atoms with Gasteiger partial charge in [-0.2, -0.15) is 13.2 Å². The molecule has 0 aliphatic heterocycles. The maximum Gasteiger partial charge on any atom is 0.379 e. The van der Waals surface area contributed by atoms with Crippen molar-refractivity contribution in [3.8, 4) is 5.75 Å². The molecule has 0 N–H and O–H groups in total. The molecule has 1 saturated carbocycles. The van der Waals surface area contributed by atoms with E-state index in [1.807, 2.05) is 24.3 Å². The Morgan fingerprint density at radius 2 is 1.65 bits per heavy atom. The first-order valence-corrected chi connectivity index (χ1v) is 5.91. The lowest BCUT2D eigenvalue weighted by Crippen LogP contribution is -2.10. The van der Waals surface area contributed by atoms with Gasteiger partial charge in [0.25, 0.3) is 0 Å². The molecule has 1 nitrogen and oxygen atoms in total. The molecule has 96 valence electrons. The summed E-state index contributed by atoms with van der Waals surface area (Å²) in [6.45, 7) is -3.67. The van der Waals surface area contributed by atoms with E-state index >= 15 is 0 Å². The number of alkyl halides is 3. The van der Waals surface area contributed by atoms with Gasteiger partial charge in [0.2, 0.25) is 0 Å². The van der Waals surface area contributed by atoms with Crippen LogP contribution in [0.15, 0.2) is 29.2 Å². The summed E-state index contributed by atoms with van der Waals surface area (Å²) >= 11 is 4.35. The fourth-order valence-corrected chi connectivity index (χ4v) is 1.96. The Kier molecular flexibility index (Phi) is 6.26. The van der Waals surface area contributed by atoms with Crippen molar-refractivity contribution in [1.29, 1.82) is 0 Å². The van der Waals surface area contributed by atoms with Gasteiger partial charge in [-0.3, -0.25) is 0 Å². The molecule has 17 heavy (non-hydrogen) atoms. The van der Waals surface area contributed by atoms with Crippen LogP contribution in [-0.4, -0.2) is 12.8 Å². The second kappa shape index (κ2) is 7.48. The van der Waals surface area contributed by atoms with Crippen LogP contribution in [0.3, 0.4) is 0 Å². The predicted molar refractivity (Wildman–Crippen MR) is 63.7 cm³/mol. The Balaban J connectivity index is 0.000000317. The molecule has 0 atom stereocenters. The van der Waals surface area contributed by atoms with Crippen molar-refractivity contribution in [1.82, 2.24) is 0 Å². The summed E-state index contributed by atoms with van der Waals surface area (Å²) in [5.41, 5.74) is 0. The smallest absolute Gasteiger partial charge is 0.379 e. The molecule has 1 fully saturated rings. The highest BCUT2D eigenvalue weighted by Crippen LogP contribution is 2.27. The van der Waals surface area contributed by atoms with Gasteiger partial charge < -0.3 is 4.74 Å². The second-order valence-corrected chi connectivity index (χ2v) is 4.22. The highest BCUT2D eigenvalue weighted by Gasteiger charge is 2.16. The van der Waals surface area contributed by atoms with Gasteiger partial charge in [-0.15, -0.1) is 12.6 Å². The van der Waals surface area contributed by atoms with E-state index in [9.17, 15) is 13.2 Å². The number of rotatable bonds is 2.